The summed E-state index contributed by atoms with van der Waals surface area (Å²) in [5.41, 5.74) is 10.2. The first kappa shape index (κ1) is 76.5. The van der Waals surface area contributed by atoms with Gasteiger partial charge >= 0.3 is 18.1 Å². The number of urea groups is 1. The maximum atomic E-state index is 14.0. The van der Waals surface area contributed by atoms with Crippen molar-refractivity contribution < 1.29 is 70.7 Å². The van der Waals surface area contributed by atoms with E-state index in [0.29, 0.717) is 102 Å². The summed E-state index contributed by atoms with van der Waals surface area (Å²) in [7, 11) is -4.37. The topological polar surface area (TPSA) is 386 Å². The second kappa shape index (κ2) is 32.8. The maximum Gasteiger partial charge on any atom is 0.410 e. The number of para-hydroxylation sites is 1. The highest BCUT2D eigenvalue weighted by Crippen LogP contribution is 2.70. The van der Waals surface area contributed by atoms with Gasteiger partial charge in [0.25, 0.3) is 27.8 Å². The van der Waals surface area contributed by atoms with Crippen molar-refractivity contribution in [2.75, 3.05) is 60.6 Å². The molecule has 9 amide bonds. The number of imide groups is 1. The number of aromatic carboxylic acids is 1. The number of hydrogen-bond donors (Lipinski definition) is 8. The summed E-state index contributed by atoms with van der Waals surface area (Å²) in [4.78, 5) is 131. The quantitative estimate of drug-likeness (QED) is 0.0106. The Hall–Kier alpha value is -9.65. The highest BCUT2D eigenvalue weighted by molar-refractivity contribution is 7.85. The Morgan fingerprint density at radius 1 is 0.848 bits per heavy atom. The van der Waals surface area contributed by atoms with Crippen LogP contribution in [-0.4, -0.2) is 164 Å². The summed E-state index contributed by atoms with van der Waals surface area (Å²) in [6.45, 7) is 11.7. The molecule has 6 aromatic rings. The average Bonchev–Trinajstić information content (AvgIpc) is 0.994. The van der Waals surface area contributed by atoms with Crippen LogP contribution in [0.2, 0.25) is 0 Å². The highest BCUT2D eigenvalue weighted by atomic mass is 32.2. The van der Waals surface area contributed by atoms with Gasteiger partial charge in [0.1, 0.15) is 24.5 Å². The van der Waals surface area contributed by atoms with E-state index in [1.807, 2.05) is 59.0 Å². The molecule has 4 saturated carbocycles. The normalized spacial score (nSPS) is 20.8. The first-order valence-corrected chi connectivity index (χ1v) is 38.4. The van der Waals surface area contributed by atoms with Crippen LogP contribution >= 0.6 is 11.3 Å². The number of unbranched alkanes of at least 4 members (excludes halogenated alkanes) is 2. The van der Waals surface area contributed by atoms with E-state index in [2.05, 4.69) is 45.4 Å². The number of primary amides is 1. The van der Waals surface area contributed by atoms with Crippen molar-refractivity contribution in [2.24, 2.45) is 34.3 Å². The number of thiazole rings is 1. The van der Waals surface area contributed by atoms with Crippen LogP contribution < -0.4 is 37.2 Å². The van der Waals surface area contributed by atoms with Crippen molar-refractivity contribution >= 4 is 102 Å². The Kier molecular flexibility index (Phi) is 23.9. The second-order valence-corrected chi connectivity index (χ2v) is 31.9. The molecule has 4 bridgehead atoms. The van der Waals surface area contributed by atoms with Crippen molar-refractivity contribution in [1.29, 1.82) is 0 Å². The minimum atomic E-state index is -4.37. The lowest BCUT2D eigenvalue weighted by atomic mass is 9.39. The lowest BCUT2D eigenvalue weighted by Crippen LogP contribution is -2.65. The molecule has 560 valence electrons. The van der Waals surface area contributed by atoms with Gasteiger partial charge in [-0.1, -0.05) is 88.3 Å². The number of hydrogen-bond acceptors (Lipinski definition) is 18. The highest BCUT2D eigenvalue weighted by Gasteiger charge is 2.66. The van der Waals surface area contributed by atoms with E-state index in [1.165, 1.54) is 28.4 Å². The number of anilines is 3. The van der Waals surface area contributed by atoms with Crippen molar-refractivity contribution in [3.8, 4) is 11.1 Å². The van der Waals surface area contributed by atoms with Gasteiger partial charge in [0, 0.05) is 92.5 Å². The Morgan fingerprint density at radius 2 is 1.62 bits per heavy atom. The van der Waals surface area contributed by atoms with Crippen LogP contribution in [0.4, 0.5) is 26.2 Å². The summed E-state index contributed by atoms with van der Waals surface area (Å²) in [5, 5.41) is 30.1. The fraction of sp³-hybridized carbons (Fsp3) is 0.493. The molecule has 4 aliphatic carbocycles. The minimum Gasteiger partial charge on any atom is -0.476 e. The van der Waals surface area contributed by atoms with Gasteiger partial charge in [-0.25, -0.2) is 24.4 Å². The van der Waals surface area contributed by atoms with E-state index < -0.39 is 69.4 Å². The number of aromatic nitrogens is 4. The second-order valence-electron chi connectivity index (χ2n) is 29.2. The van der Waals surface area contributed by atoms with E-state index in [-0.39, 0.29) is 105 Å². The maximum absolute atomic E-state index is 14.0. The number of rotatable bonds is 34. The van der Waals surface area contributed by atoms with E-state index in [9.17, 15) is 61.2 Å². The third-order valence-corrected chi connectivity index (χ3v) is 23.0. The fourth-order valence-corrected chi connectivity index (χ4v) is 18.2. The third kappa shape index (κ3) is 18.5. The Morgan fingerprint density at radius 3 is 2.33 bits per heavy atom. The Balaban J connectivity index is 0.707. The number of fused-ring (bicyclic) bond motifs is 2. The van der Waals surface area contributed by atoms with Gasteiger partial charge in [-0.15, -0.1) is 0 Å². The number of carboxylic acids is 1. The average molecular weight is 1480 g/mol. The molecule has 7 atom stereocenters. The van der Waals surface area contributed by atoms with Crippen molar-refractivity contribution in [3.05, 3.63) is 131 Å². The number of pyridine rings is 1. The molecule has 9 N–H and O–H groups in total. The van der Waals surface area contributed by atoms with Crippen LogP contribution in [0, 0.1) is 35.5 Å². The van der Waals surface area contributed by atoms with Crippen LogP contribution in [0.25, 0.3) is 21.3 Å². The van der Waals surface area contributed by atoms with E-state index in [1.54, 1.807) is 56.4 Å². The van der Waals surface area contributed by atoms with Crippen LogP contribution in [-0.2, 0) is 69.7 Å². The first-order valence-electron chi connectivity index (χ1n) is 36.0. The van der Waals surface area contributed by atoms with Crippen molar-refractivity contribution in [1.82, 2.24) is 45.5 Å². The third-order valence-electron chi connectivity index (χ3n) is 21.2. The van der Waals surface area contributed by atoms with Crippen LogP contribution in [0.15, 0.2) is 97.2 Å². The molecule has 5 heterocycles. The summed E-state index contributed by atoms with van der Waals surface area (Å²) in [6.07, 6.45) is 11.0. The van der Waals surface area contributed by atoms with Crippen LogP contribution in [0.3, 0.4) is 0 Å². The monoisotopic (exact) mass is 1480 g/mol. The van der Waals surface area contributed by atoms with Gasteiger partial charge < -0.3 is 51.4 Å². The minimum absolute atomic E-state index is 0.0473. The van der Waals surface area contributed by atoms with Gasteiger partial charge in [0.15, 0.2) is 10.8 Å². The summed E-state index contributed by atoms with van der Waals surface area (Å²) in [6, 6.07) is 20.5. The molecule has 12 rings (SSSR count). The van der Waals surface area contributed by atoms with Gasteiger partial charge in [-0.2, -0.15) is 13.5 Å². The number of carbonyl (C=O) groups is 9. The number of amides is 9. The van der Waals surface area contributed by atoms with Crippen LogP contribution in [0.5, 0.6) is 0 Å². The van der Waals surface area contributed by atoms with Gasteiger partial charge in [-0.05, 0) is 165 Å². The van der Waals surface area contributed by atoms with Gasteiger partial charge in [0.2, 0.25) is 17.7 Å². The molecule has 3 aromatic heterocycles. The zero-order valence-corrected chi connectivity index (χ0v) is 61.5. The fourth-order valence-electron chi connectivity index (χ4n) is 16.9. The largest absolute Gasteiger partial charge is 0.476 e. The molecule has 3 aromatic carbocycles. The molecular formula is C75H93N13O15S2. The molecule has 28 nitrogen and oxygen atoms in total. The number of ether oxygens (including phenoxy) is 2. The van der Waals surface area contributed by atoms with Crippen molar-refractivity contribution in [2.45, 2.75) is 162 Å². The molecule has 6 aliphatic rings. The summed E-state index contributed by atoms with van der Waals surface area (Å²) in [5.74, 6) is -3.53. The predicted molar refractivity (Wildman–Crippen MR) is 393 cm³/mol. The summed E-state index contributed by atoms with van der Waals surface area (Å²) >= 11 is 1.40. The predicted octanol–water partition coefficient (Wildman–Crippen LogP) is 9.17. The number of benzene rings is 3. The van der Waals surface area contributed by atoms with Crippen molar-refractivity contribution in [3.63, 3.8) is 0 Å². The van der Waals surface area contributed by atoms with E-state index in [4.69, 9.17) is 25.3 Å². The van der Waals surface area contributed by atoms with Gasteiger partial charge in [-0.3, -0.25) is 48.2 Å². The SMILES string of the molecule is CCC1C2CC3(Cn4ncc(-c5ccc(N6CCc7cccc(C(=O)Nc8nc9ccccc9s8)c7C6)nc5C(=O)O)c4C)CC(OCCN(CCCS(=O)(=O)O)C(=O)OCc4ccc(NC(=O)[C@H](CCCNC(N)=O)NC(=O)[C@@H](NC(=O)CCCCCN5C(=O)C=CC5=O)C(C)C)cc4)(C2)CC1(C)C3. The van der Waals surface area contributed by atoms with E-state index >= 15 is 0 Å². The molecular weight excluding hydrogens is 1390 g/mol. The van der Waals surface area contributed by atoms with Crippen LogP contribution in [0.1, 0.15) is 154 Å². The molecule has 0 spiro atoms. The standard InChI is InChI=1S/C75H93N13O15S2/c1-6-56-50-37-74(45-88-47(4)54(39-78-88)52-25-26-60(82-65(52)69(95)96)86-33-29-49-15-12-16-53(55(49)40-86)66(92)84-71-81-57-17-9-10-19-59(57)104-71)42-73(56,5)43-75(38-50,44-74)103-35-34-85(31-14-36-105(99,100)101)72(98)102-41-48-21-23-51(24-22-48)79-67(93)58(18-13-30-77-70(76)97)80-68(94)64(46(2)3)83-61(89)20-8-7-11-32-87-62(90)27-28-63(87)91/h9-10,12,15-17,19,21-28,39,46,50,56,58,64H,6-8,11,13-14,18,20,29-38,40-45H2,1-5H3,(H,79,93)(H,80,94)(H,83,89)(H,95,96)(H3,76,77,97)(H,81,84,92)(H,99,100,101)/t50?,56?,58-,64-,73?,74?,75?/m0/s1. The lowest BCUT2D eigenvalue weighted by Gasteiger charge is -2.68. The zero-order chi connectivity index (χ0) is 75.0. The summed E-state index contributed by atoms with van der Waals surface area (Å²) < 4.78 is 49.3. The molecule has 0 saturated heterocycles. The molecule has 30 heteroatoms. The number of carboxylic acid groups (broad SMARTS) is 1. The molecule has 5 unspecified atom stereocenters. The number of nitrogens with zero attached hydrogens (tertiary/aromatic N) is 7. The van der Waals surface area contributed by atoms with Gasteiger partial charge in [0.05, 0.1) is 34.4 Å². The number of nitrogens with two attached hydrogens (primary N) is 1. The first-order chi connectivity index (χ1) is 50.1. The molecule has 4 fully saturated rings. The lowest BCUT2D eigenvalue weighted by molar-refractivity contribution is -0.247. The number of nitrogens with one attached hydrogen (secondary N) is 5. The number of carbonyl (C=O) groups excluding carboxylic acids is 8. The Bertz CT molecular complexity index is 4380. The zero-order valence-electron chi connectivity index (χ0n) is 59.8. The smallest absolute Gasteiger partial charge is 0.410 e. The molecule has 105 heavy (non-hydrogen) atoms. The Labute approximate surface area is 613 Å². The van der Waals surface area contributed by atoms with E-state index in [0.717, 1.165) is 64.0 Å². The molecule has 0 radical (unpaired) electrons. The molecule has 2 aliphatic heterocycles.